The molecule has 2 aromatic rings. The number of aryl methyl sites for hydroxylation is 1. The van der Waals surface area contributed by atoms with Gasteiger partial charge >= 0.3 is 0 Å². The third-order valence-corrected chi connectivity index (χ3v) is 4.69. The van der Waals surface area contributed by atoms with Gasteiger partial charge in [-0.25, -0.2) is 4.98 Å². The molecule has 0 saturated heterocycles. The fourth-order valence-corrected chi connectivity index (χ4v) is 3.37. The van der Waals surface area contributed by atoms with Crippen LogP contribution in [-0.4, -0.2) is 34.0 Å². The Morgan fingerprint density at radius 2 is 1.96 bits per heavy atom. The van der Waals surface area contributed by atoms with E-state index in [1.807, 2.05) is 13.8 Å². The Balaban J connectivity index is 1.84. The van der Waals surface area contributed by atoms with Crippen LogP contribution in [-0.2, 0) is 17.8 Å². The lowest BCUT2D eigenvalue weighted by atomic mass is 10.1. The van der Waals surface area contributed by atoms with Gasteiger partial charge in [-0.3, -0.25) is 19.0 Å². The van der Waals surface area contributed by atoms with E-state index < -0.39 is 0 Å². The first-order valence-corrected chi connectivity index (χ1v) is 9.57. The van der Waals surface area contributed by atoms with Gasteiger partial charge in [0.05, 0.1) is 17.4 Å². The first-order chi connectivity index (χ1) is 13.0. The average molecular weight is 370 g/mol. The second kappa shape index (κ2) is 8.33. The van der Waals surface area contributed by atoms with E-state index in [9.17, 15) is 14.4 Å². The van der Waals surface area contributed by atoms with Crippen molar-refractivity contribution < 1.29 is 9.59 Å². The lowest BCUT2D eigenvalue weighted by Gasteiger charge is -2.16. The van der Waals surface area contributed by atoms with E-state index in [-0.39, 0.29) is 30.0 Å². The molecule has 2 heterocycles. The van der Waals surface area contributed by atoms with Crippen LogP contribution in [0.2, 0.25) is 0 Å². The Hall–Kier alpha value is -2.70. The Morgan fingerprint density at radius 1 is 1.19 bits per heavy atom. The van der Waals surface area contributed by atoms with Crippen molar-refractivity contribution in [3.05, 3.63) is 39.9 Å². The molecule has 2 N–H and O–H groups in total. The Labute approximate surface area is 158 Å². The highest BCUT2D eigenvalue weighted by Crippen LogP contribution is 2.16. The molecule has 0 radical (unpaired) electrons. The molecule has 1 aliphatic rings. The lowest BCUT2D eigenvalue weighted by molar-refractivity contribution is -0.120. The van der Waals surface area contributed by atoms with Crippen LogP contribution < -0.4 is 16.2 Å². The summed E-state index contributed by atoms with van der Waals surface area (Å²) >= 11 is 0. The molecule has 0 spiro atoms. The molecule has 0 saturated carbocycles. The number of amides is 2. The molecular formula is C20H26N4O3. The third-order valence-electron chi connectivity index (χ3n) is 4.69. The predicted molar refractivity (Wildman–Crippen MR) is 104 cm³/mol. The van der Waals surface area contributed by atoms with E-state index in [1.54, 1.807) is 22.8 Å². The van der Waals surface area contributed by atoms with Gasteiger partial charge < -0.3 is 10.6 Å². The summed E-state index contributed by atoms with van der Waals surface area (Å²) < 4.78 is 1.78. The molecule has 1 aromatic carbocycles. The summed E-state index contributed by atoms with van der Waals surface area (Å²) in [7, 11) is 0. The van der Waals surface area contributed by atoms with Crippen molar-refractivity contribution >= 4 is 22.7 Å². The van der Waals surface area contributed by atoms with Crippen LogP contribution in [0.4, 0.5) is 0 Å². The molecule has 1 aromatic heterocycles. The van der Waals surface area contributed by atoms with Gasteiger partial charge in [0.25, 0.3) is 11.5 Å². The fraction of sp³-hybridized carbons (Fsp3) is 0.500. The molecule has 0 aliphatic carbocycles. The zero-order valence-corrected chi connectivity index (χ0v) is 15.9. The number of carbonyl (C=O) groups is 2. The van der Waals surface area contributed by atoms with Crippen molar-refractivity contribution in [1.29, 1.82) is 0 Å². The van der Waals surface area contributed by atoms with Gasteiger partial charge in [-0.2, -0.15) is 0 Å². The molecule has 3 rings (SSSR count). The predicted octanol–water partition coefficient (Wildman–Crippen LogP) is 1.77. The van der Waals surface area contributed by atoms with Gasteiger partial charge in [0.2, 0.25) is 5.91 Å². The number of hydrogen-bond acceptors (Lipinski definition) is 4. The molecule has 0 atom stereocenters. The van der Waals surface area contributed by atoms with Crippen LogP contribution in [0.3, 0.4) is 0 Å². The quantitative estimate of drug-likeness (QED) is 0.858. The number of hydrogen-bond donors (Lipinski definition) is 2. The summed E-state index contributed by atoms with van der Waals surface area (Å²) in [5.41, 5.74) is 0.883. The summed E-state index contributed by atoms with van der Waals surface area (Å²) in [5, 5.41) is 5.85. The summed E-state index contributed by atoms with van der Waals surface area (Å²) in [4.78, 5) is 41.5. The maximum atomic E-state index is 12.8. The van der Waals surface area contributed by atoms with Gasteiger partial charge in [0.15, 0.2) is 0 Å². The number of benzene rings is 1. The lowest BCUT2D eigenvalue weighted by Crippen LogP contribution is -2.39. The molecule has 1 aliphatic heterocycles. The fourth-order valence-electron chi connectivity index (χ4n) is 3.37. The first kappa shape index (κ1) is 19.1. The highest BCUT2D eigenvalue weighted by molar-refractivity contribution is 5.99. The van der Waals surface area contributed by atoms with Crippen LogP contribution in [0.1, 0.15) is 55.7 Å². The van der Waals surface area contributed by atoms with Gasteiger partial charge in [-0.1, -0.05) is 12.8 Å². The summed E-state index contributed by atoms with van der Waals surface area (Å²) in [6.45, 7) is 4.33. The normalized spacial score (nSPS) is 14.3. The summed E-state index contributed by atoms with van der Waals surface area (Å²) in [5.74, 6) is 0.197. The minimum Gasteiger partial charge on any atom is -0.352 e. The molecule has 7 nitrogen and oxygen atoms in total. The number of carbonyl (C=O) groups excluding carboxylic acids is 2. The molecule has 0 fully saturated rings. The molecule has 0 unspecified atom stereocenters. The number of fused-ring (bicyclic) bond motifs is 2. The summed E-state index contributed by atoms with van der Waals surface area (Å²) in [6.07, 6.45) is 5.06. The van der Waals surface area contributed by atoms with Gasteiger partial charge in [-0.15, -0.1) is 0 Å². The van der Waals surface area contributed by atoms with Gasteiger partial charge in [0, 0.05) is 24.6 Å². The molecule has 27 heavy (non-hydrogen) atoms. The van der Waals surface area contributed by atoms with Crippen molar-refractivity contribution in [3.63, 3.8) is 0 Å². The van der Waals surface area contributed by atoms with Crippen molar-refractivity contribution in [3.8, 4) is 0 Å². The highest BCUT2D eigenvalue weighted by atomic mass is 16.2. The monoisotopic (exact) mass is 370 g/mol. The largest absolute Gasteiger partial charge is 0.352 e. The average Bonchev–Trinajstić information content (AvgIpc) is 2.60. The van der Waals surface area contributed by atoms with Gasteiger partial charge in [-0.05, 0) is 44.9 Å². The topological polar surface area (TPSA) is 93.1 Å². The highest BCUT2D eigenvalue weighted by Gasteiger charge is 2.15. The first-order valence-electron chi connectivity index (χ1n) is 9.57. The number of nitrogens with zero attached hydrogens (tertiary/aromatic N) is 2. The van der Waals surface area contributed by atoms with Crippen LogP contribution >= 0.6 is 0 Å². The molecule has 2 amide bonds. The smallest absolute Gasteiger partial charge is 0.261 e. The van der Waals surface area contributed by atoms with E-state index in [1.165, 1.54) is 0 Å². The van der Waals surface area contributed by atoms with E-state index in [2.05, 4.69) is 15.6 Å². The maximum absolute atomic E-state index is 12.8. The van der Waals surface area contributed by atoms with Crippen molar-refractivity contribution in [1.82, 2.24) is 20.2 Å². The van der Waals surface area contributed by atoms with Crippen molar-refractivity contribution in [2.24, 2.45) is 0 Å². The van der Waals surface area contributed by atoms with Crippen LogP contribution in [0.15, 0.2) is 23.0 Å². The zero-order chi connectivity index (χ0) is 19.4. The van der Waals surface area contributed by atoms with E-state index in [4.69, 9.17) is 0 Å². The summed E-state index contributed by atoms with van der Waals surface area (Å²) in [6, 6.07) is 4.91. The third kappa shape index (κ3) is 4.53. The Bertz CT molecular complexity index is 917. The molecule has 0 bridgehead atoms. The van der Waals surface area contributed by atoms with E-state index in [0.717, 1.165) is 37.9 Å². The second-order valence-corrected chi connectivity index (χ2v) is 7.29. The Kier molecular flexibility index (Phi) is 5.88. The van der Waals surface area contributed by atoms with Crippen LogP contribution in [0.25, 0.3) is 10.9 Å². The minimum atomic E-state index is -0.357. The minimum absolute atomic E-state index is 0.0201. The zero-order valence-electron chi connectivity index (χ0n) is 15.9. The van der Waals surface area contributed by atoms with Crippen LogP contribution in [0.5, 0.6) is 0 Å². The molecule has 144 valence electrons. The van der Waals surface area contributed by atoms with Crippen molar-refractivity contribution in [2.75, 3.05) is 6.54 Å². The SMILES string of the molecule is CC(C)NC(=O)CNC(=O)c1ccc2c(=O)n3c(nc2c1)CCCCCC3. The van der Waals surface area contributed by atoms with E-state index >= 15 is 0 Å². The number of nitrogens with one attached hydrogen (secondary N) is 2. The van der Waals surface area contributed by atoms with Gasteiger partial charge in [0.1, 0.15) is 5.82 Å². The van der Waals surface area contributed by atoms with Crippen molar-refractivity contribution in [2.45, 2.75) is 58.5 Å². The molecular weight excluding hydrogens is 344 g/mol. The standard InChI is InChI=1S/C20H26N4O3/c1-13(2)22-18(25)12-21-19(26)14-8-9-15-16(11-14)23-17-7-5-3-4-6-10-24(17)20(15)27/h8-9,11,13H,3-7,10,12H2,1-2H3,(H,21,26)(H,22,25). The maximum Gasteiger partial charge on any atom is 0.261 e. The Morgan fingerprint density at radius 3 is 2.74 bits per heavy atom. The van der Waals surface area contributed by atoms with E-state index in [0.29, 0.717) is 23.0 Å². The number of rotatable bonds is 4. The second-order valence-electron chi connectivity index (χ2n) is 7.29. The molecule has 7 heteroatoms. The van der Waals surface area contributed by atoms with Crippen LogP contribution in [0, 0.1) is 0 Å². The number of aromatic nitrogens is 2.